The van der Waals surface area contributed by atoms with Crippen molar-refractivity contribution in [2.24, 2.45) is 11.8 Å². The SMILES string of the molecule is NN1CCCC(COc2nc(N3CCOCC3)nc3c2CCN3c2cncnc2)C1. The number of nitrogens with zero attached hydrogens (tertiary/aromatic N) is 7. The summed E-state index contributed by atoms with van der Waals surface area (Å²) in [6, 6.07) is 0. The van der Waals surface area contributed by atoms with Gasteiger partial charge in [-0.15, -0.1) is 0 Å². The van der Waals surface area contributed by atoms with Gasteiger partial charge in [0.2, 0.25) is 11.8 Å². The van der Waals surface area contributed by atoms with Gasteiger partial charge in [-0.2, -0.15) is 9.97 Å². The van der Waals surface area contributed by atoms with Crippen LogP contribution >= 0.6 is 0 Å². The molecule has 0 saturated carbocycles. The van der Waals surface area contributed by atoms with Gasteiger partial charge in [0.05, 0.1) is 43.5 Å². The second kappa shape index (κ2) is 8.66. The molecule has 2 saturated heterocycles. The Balaban J connectivity index is 1.44. The number of hydrogen-bond donors (Lipinski definition) is 1. The molecule has 0 bridgehead atoms. The predicted octanol–water partition coefficient (Wildman–Crippen LogP) is 0.762. The largest absolute Gasteiger partial charge is 0.477 e. The zero-order valence-electron chi connectivity index (χ0n) is 17.1. The Bertz CT molecular complexity index is 861. The molecule has 5 heterocycles. The van der Waals surface area contributed by atoms with E-state index in [1.807, 2.05) is 17.4 Å². The van der Waals surface area contributed by atoms with E-state index in [4.69, 9.17) is 25.3 Å². The van der Waals surface area contributed by atoms with Crippen molar-refractivity contribution in [3.05, 3.63) is 24.3 Å². The van der Waals surface area contributed by atoms with Gasteiger partial charge in [0, 0.05) is 38.6 Å². The van der Waals surface area contributed by atoms with Crippen LogP contribution in [-0.2, 0) is 11.2 Å². The molecule has 0 spiro atoms. The van der Waals surface area contributed by atoms with Crippen molar-refractivity contribution in [3.8, 4) is 5.88 Å². The number of nitrogens with two attached hydrogens (primary N) is 1. The number of hydrogen-bond acceptors (Lipinski definition) is 10. The average Bonchev–Trinajstić information content (AvgIpc) is 3.23. The second-order valence-corrected chi connectivity index (χ2v) is 8.04. The van der Waals surface area contributed by atoms with Crippen LogP contribution in [0.15, 0.2) is 18.7 Å². The molecule has 0 amide bonds. The van der Waals surface area contributed by atoms with Crippen LogP contribution in [0, 0.1) is 5.92 Å². The van der Waals surface area contributed by atoms with Gasteiger partial charge in [-0.1, -0.05) is 0 Å². The first-order chi connectivity index (χ1) is 14.8. The molecule has 30 heavy (non-hydrogen) atoms. The van der Waals surface area contributed by atoms with Crippen LogP contribution in [0.2, 0.25) is 0 Å². The van der Waals surface area contributed by atoms with E-state index in [0.717, 1.165) is 69.1 Å². The molecule has 1 unspecified atom stereocenters. The van der Waals surface area contributed by atoms with Gasteiger partial charge in [0.25, 0.3) is 0 Å². The van der Waals surface area contributed by atoms with Crippen molar-refractivity contribution >= 4 is 17.5 Å². The van der Waals surface area contributed by atoms with Gasteiger partial charge in [0.1, 0.15) is 12.1 Å². The minimum Gasteiger partial charge on any atom is -0.477 e. The topological polar surface area (TPSA) is 106 Å². The normalized spacial score (nSPS) is 22.2. The van der Waals surface area contributed by atoms with Crippen LogP contribution in [0.1, 0.15) is 18.4 Å². The number of ether oxygens (including phenoxy) is 2. The standard InChI is InChI=1S/C20H28N8O2/c21-27-4-1-2-15(12-27)13-30-19-17-3-5-28(16-10-22-14-23-11-16)18(17)24-20(25-19)26-6-8-29-9-7-26/h10-11,14-15H,1-9,12-13,21H2. The zero-order valence-corrected chi connectivity index (χ0v) is 17.1. The van der Waals surface area contributed by atoms with E-state index in [-0.39, 0.29) is 0 Å². The molecule has 2 fully saturated rings. The fourth-order valence-electron chi connectivity index (χ4n) is 4.35. The van der Waals surface area contributed by atoms with E-state index in [2.05, 4.69) is 19.8 Å². The summed E-state index contributed by atoms with van der Waals surface area (Å²) >= 11 is 0. The molecule has 0 aliphatic carbocycles. The molecule has 0 aromatic carbocycles. The third-order valence-electron chi connectivity index (χ3n) is 5.94. The van der Waals surface area contributed by atoms with Gasteiger partial charge in [0.15, 0.2) is 0 Å². The Kier molecular flexibility index (Phi) is 5.60. The van der Waals surface area contributed by atoms with Crippen molar-refractivity contribution in [2.45, 2.75) is 19.3 Å². The third-order valence-corrected chi connectivity index (χ3v) is 5.94. The fraction of sp³-hybridized carbons (Fsp3) is 0.600. The molecule has 5 rings (SSSR count). The minimum atomic E-state index is 0.418. The molecule has 1 atom stereocenters. The first-order valence-electron chi connectivity index (χ1n) is 10.7. The van der Waals surface area contributed by atoms with Crippen molar-refractivity contribution in [1.29, 1.82) is 0 Å². The summed E-state index contributed by atoms with van der Waals surface area (Å²) in [5.74, 6) is 8.69. The van der Waals surface area contributed by atoms with Crippen LogP contribution in [0.4, 0.5) is 17.5 Å². The van der Waals surface area contributed by atoms with E-state index in [0.29, 0.717) is 37.6 Å². The highest BCUT2D eigenvalue weighted by molar-refractivity contribution is 5.68. The molecule has 3 aliphatic heterocycles. The van der Waals surface area contributed by atoms with E-state index in [1.165, 1.54) is 0 Å². The molecule has 10 nitrogen and oxygen atoms in total. The molecular formula is C20H28N8O2. The Morgan fingerprint density at radius 1 is 1.10 bits per heavy atom. The minimum absolute atomic E-state index is 0.418. The van der Waals surface area contributed by atoms with Gasteiger partial charge in [-0.25, -0.2) is 15.0 Å². The maximum absolute atomic E-state index is 6.30. The van der Waals surface area contributed by atoms with E-state index < -0.39 is 0 Å². The zero-order chi connectivity index (χ0) is 20.3. The number of piperidine rings is 1. The Hall–Kier alpha value is -2.56. The fourth-order valence-corrected chi connectivity index (χ4v) is 4.35. The lowest BCUT2D eigenvalue weighted by molar-refractivity contribution is 0.121. The lowest BCUT2D eigenvalue weighted by Gasteiger charge is -2.30. The van der Waals surface area contributed by atoms with Crippen LogP contribution < -0.4 is 20.4 Å². The number of hydrazine groups is 1. The van der Waals surface area contributed by atoms with Crippen LogP contribution in [-0.4, -0.2) is 77.5 Å². The highest BCUT2D eigenvalue weighted by Crippen LogP contribution is 2.38. The molecule has 3 aliphatic rings. The van der Waals surface area contributed by atoms with Crippen LogP contribution in [0.3, 0.4) is 0 Å². The van der Waals surface area contributed by atoms with Crippen LogP contribution in [0.5, 0.6) is 5.88 Å². The van der Waals surface area contributed by atoms with E-state index in [9.17, 15) is 0 Å². The summed E-state index contributed by atoms with van der Waals surface area (Å²) in [6.07, 6.45) is 8.24. The maximum atomic E-state index is 6.30. The summed E-state index contributed by atoms with van der Waals surface area (Å²) in [6.45, 7) is 6.15. The molecule has 10 heteroatoms. The number of anilines is 3. The second-order valence-electron chi connectivity index (χ2n) is 8.04. The predicted molar refractivity (Wildman–Crippen MR) is 112 cm³/mol. The average molecular weight is 412 g/mol. The Morgan fingerprint density at radius 2 is 1.93 bits per heavy atom. The molecule has 0 radical (unpaired) electrons. The molecular weight excluding hydrogens is 384 g/mol. The third kappa shape index (κ3) is 4.03. The van der Waals surface area contributed by atoms with Gasteiger partial charge in [-0.05, 0) is 19.3 Å². The molecule has 2 aromatic rings. The highest BCUT2D eigenvalue weighted by atomic mass is 16.5. The quantitative estimate of drug-likeness (QED) is 0.708. The maximum Gasteiger partial charge on any atom is 0.230 e. The molecule has 2 aromatic heterocycles. The van der Waals surface area contributed by atoms with Crippen molar-refractivity contribution in [3.63, 3.8) is 0 Å². The smallest absolute Gasteiger partial charge is 0.230 e. The number of morpholine rings is 1. The van der Waals surface area contributed by atoms with Crippen molar-refractivity contribution < 1.29 is 9.47 Å². The van der Waals surface area contributed by atoms with Crippen molar-refractivity contribution in [2.75, 3.05) is 62.3 Å². The summed E-state index contributed by atoms with van der Waals surface area (Å²) < 4.78 is 11.8. The molecule has 2 N–H and O–H groups in total. The number of fused-ring (bicyclic) bond motifs is 1. The number of aromatic nitrogens is 4. The first-order valence-corrected chi connectivity index (χ1v) is 10.7. The highest BCUT2D eigenvalue weighted by Gasteiger charge is 2.30. The number of rotatable bonds is 5. The van der Waals surface area contributed by atoms with Crippen LogP contribution in [0.25, 0.3) is 0 Å². The lowest BCUT2D eigenvalue weighted by Crippen LogP contribution is -2.42. The summed E-state index contributed by atoms with van der Waals surface area (Å²) in [7, 11) is 0. The van der Waals surface area contributed by atoms with E-state index in [1.54, 1.807) is 6.33 Å². The van der Waals surface area contributed by atoms with Gasteiger partial charge < -0.3 is 19.3 Å². The lowest BCUT2D eigenvalue weighted by atomic mass is 10.0. The Morgan fingerprint density at radius 3 is 2.73 bits per heavy atom. The van der Waals surface area contributed by atoms with Gasteiger partial charge >= 0.3 is 0 Å². The summed E-state index contributed by atoms with van der Waals surface area (Å²) in [4.78, 5) is 22.4. The van der Waals surface area contributed by atoms with Gasteiger partial charge in [-0.3, -0.25) is 5.84 Å². The molecule has 160 valence electrons. The van der Waals surface area contributed by atoms with E-state index >= 15 is 0 Å². The summed E-state index contributed by atoms with van der Waals surface area (Å²) in [5, 5.41) is 1.89. The Labute approximate surface area is 176 Å². The summed E-state index contributed by atoms with van der Waals surface area (Å²) in [5.41, 5.74) is 1.98. The first kappa shape index (κ1) is 19.4. The monoisotopic (exact) mass is 412 g/mol. The van der Waals surface area contributed by atoms with Crippen molar-refractivity contribution in [1.82, 2.24) is 24.9 Å².